The Labute approximate surface area is 156 Å². The van der Waals surface area contributed by atoms with E-state index in [1.807, 2.05) is 25.1 Å². The van der Waals surface area contributed by atoms with Crippen LogP contribution in [0.4, 0.5) is 9.80 Å². The molecule has 1 saturated heterocycles. The van der Waals surface area contributed by atoms with Gasteiger partial charge >= 0.3 is 12.0 Å². The summed E-state index contributed by atoms with van der Waals surface area (Å²) in [6, 6.07) is 7.44. The first-order valence-corrected chi connectivity index (χ1v) is 9.25. The van der Waals surface area contributed by atoms with Crippen LogP contribution >= 0.6 is 11.3 Å². The standard InChI is InChI=1S/C18H22N4O3S/c1-13-11-15(17(23)25-2)16(26-13)20-18(24)22-9-7-21(8-10-22)12-14-5-3-4-6-19-14/h3-6,11H,7-10,12H2,1-2H3,(H,20,24). The fourth-order valence-electron chi connectivity index (χ4n) is 2.87. The maximum absolute atomic E-state index is 12.5. The number of pyridine rings is 1. The Morgan fingerprint density at radius 3 is 2.69 bits per heavy atom. The monoisotopic (exact) mass is 374 g/mol. The van der Waals surface area contributed by atoms with Gasteiger partial charge in [0.25, 0.3) is 0 Å². The minimum absolute atomic E-state index is 0.186. The summed E-state index contributed by atoms with van der Waals surface area (Å²) >= 11 is 1.37. The van der Waals surface area contributed by atoms with Gasteiger partial charge in [-0.2, -0.15) is 0 Å². The molecule has 7 nitrogen and oxygen atoms in total. The van der Waals surface area contributed by atoms with Crippen molar-refractivity contribution < 1.29 is 14.3 Å². The van der Waals surface area contributed by atoms with Crippen molar-refractivity contribution in [2.45, 2.75) is 13.5 Å². The molecule has 0 unspecified atom stereocenters. The number of nitrogens with zero attached hydrogens (tertiary/aromatic N) is 3. The van der Waals surface area contributed by atoms with Crippen molar-refractivity contribution >= 4 is 28.3 Å². The van der Waals surface area contributed by atoms with Crippen molar-refractivity contribution in [1.29, 1.82) is 0 Å². The number of carbonyl (C=O) groups excluding carboxylic acids is 2. The van der Waals surface area contributed by atoms with E-state index in [9.17, 15) is 9.59 Å². The Morgan fingerprint density at radius 1 is 1.27 bits per heavy atom. The number of hydrogen-bond acceptors (Lipinski definition) is 6. The van der Waals surface area contributed by atoms with Crippen LogP contribution in [0.15, 0.2) is 30.5 Å². The molecule has 3 rings (SSSR count). The summed E-state index contributed by atoms with van der Waals surface area (Å²) < 4.78 is 4.78. The van der Waals surface area contributed by atoms with Gasteiger partial charge in [0.1, 0.15) is 5.00 Å². The highest BCUT2D eigenvalue weighted by Crippen LogP contribution is 2.28. The molecule has 0 spiro atoms. The minimum Gasteiger partial charge on any atom is -0.465 e. The lowest BCUT2D eigenvalue weighted by Crippen LogP contribution is -2.49. The molecule has 0 aliphatic carbocycles. The van der Waals surface area contributed by atoms with Crippen LogP contribution in [0, 0.1) is 6.92 Å². The lowest BCUT2D eigenvalue weighted by molar-refractivity contribution is 0.0602. The van der Waals surface area contributed by atoms with Crippen LogP contribution in [0.1, 0.15) is 20.9 Å². The molecule has 1 aliphatic heterocycles. The number of nitrogens with one attached hydrogen (secondary N) is 1. The number of amides is 2. The van der Waals surface area contributed by atoms with Crippen molar-refractivity contribution in [3.05, 3.63) is 46.6 Å². The van der Waals surface area contributed by atoms with E-state index in [0.29, 0.717) is 23.7 Å². The number of thiophene rings is 1. The van der Waals surface area contributed by atoms with Gasteiger partial charge in [0.2, 0.25) is 0 Å². The van der Waals surface area contributed by atoms with Gasteiger partial charge in [-0.05, 0) is 25.1 Å². The maximum atomic E-state index is 12.5. The third kappa shape index (κ3) is 4.39. The lowest BCUT2D eigenvalue weighted by atomic mass is 10.2. The van der Waals surface area contributed by atoms with Gasteiger partial charge in [-0.15, -0.1) is 11.3 Å². The Morgan fingerprint density at radius 2 is 2.04 bits per heavy atom. The van der Waals surface area contributed by atoms with Gasteiger partial charge in [-0.1, -0.05) is 6.07 Å². The SMILES string of the molecule is COC(=O)c1cc(C)sc1NC(=O)N1CCN(Cc2ccccn2)CC1. The van der Waals surface area contributed by atoms with Crippen molar-refractivity contribution in [3.8, 4) is 0 Å². The van der Waals surface area contributed by atoms with Crippen molar-refractivity contribution in [2.24, 2.45) is 0 Å². The largest absolute Gasteiger partial charge is 0.465 e. The first-order chi connectivity index (χ1) is 12.6. The van der Waals surface area contributed by atoms with Gasteiger partial charge in [0.15, 0.2) is 0 Å². The highest BCUT2D eigenvalue weighted by atomic mass is 32.1. The normalized spacial score (nSPS) is 14.9. The molecular formula is C18H22N4O3S. The molecule has 8 heteroatoms. The second-order valence-corrected chi connectivity index (χ2v) is 7.36. The lowest BCUT2D eigenvalue weighted by Gasteiger charge is -2.34. The van der Waals surface area contributed by atoms with Crippen LogP contribution in [-0.4, -0.2) is 60.1 Å². The van der Waals surface area contributed by atoms with E-state index < -0.39 is 5.97 Å². The average molecular weight is 374 g/mol. The van der Waals surface area contributed by atoms with E-state index >= 15 is 0 Å². The molecule has 1 aliphatic rings. The quantitative estimate of drug-likeness (QED) is 0.833. The number of rotatable bonds is 4. The number of esters is 1. The van der Waals surface area contributed by atoms with Crippen molar-refractivity contribution in [1.82, 2.24) is 14.8 Å². The van der Waals surface area contributed by atoms with Gasteiger partial charge in [-0.25, -0.2) is 9.59 Å². The number of methoxy groups -OCH3 is 1. The fraction of sp³-hybridized carbons (Fsp3) is 0.389. The summed E-state index contributed by atoms with van der Waals surface area (Å²) in [5, 5.41) is 3.39. The van der Waals surface area contributed by atoms with Gasteiger partial charge in [0.05, 0.1) is 18.4 Å². The molecule has 0 bridgehead atoms. The first-order valence-electron chi connectivity index (χ1n) is 8.43. The number of piperazine rings is 1. The number of ether oxygens (including phenoxy) is 1. The van der Waals surface area contributed by atoms with E-state index in [-0.39, 0.29) is 6.03 Å². The summed E-state index contributed by atoms with van der Waals surface area (Å²) in [4.78, 5) is 33.7. The molecule has 0 saturated carbocycles. The molecule has 2 aromatic heterocycles. The molecular weight excluding hydrogens is 352 g/mol. The van der Waals surface area contributed by atoms with E-state index in [1.165, 1.54) is 18.4 Å². The number of urea groups is 1. The first kappa shape index (κ1) is 18.3. The Bertz CT molecular complexity index is 770. The van der Waals surface area contributed by atoms with Crippen molar-refractivity contribution in [3.63, 3.8) is 0 Å². The molecule has 1 N–H and O–H groups in total. The highest BCUT2D eigenvalue weighted by molar-refractivity contribution is 7.16. The second-order valence-electron chi connectivity index (χ2n) is 6.11. The molecule has 2 aromatic rings. The van der Waals surface area contributed by atoms with Crippen LogP contribution in [0.5, 0.6) is 0 Å². The Kier molecular flexibility index (Phi) is 5.85. The number of aromatic nitrogens is 1. The molecule has 0 radical (unpaired) electrons. The van der Waals surface area contributed by atoms with Crippen LogP contribution < -0.4 is 5.32 Å². The highest BCUT2D eigenvalue weighted by Gasteiger charge is 2.24. The smallest absolute Gasteiger partial charge is 0.340 e. The van der Waals surface area contributed by atoms with Crippen molar-refractivity contribution in [2.75, 3.05) is 38.6 Å². The molecule has 0 atom stereocenters. The molecule has 26 heavy (non-hydrogen) atoms. The zero-order valence-corrected chi connectivity index (χ0v) is 15.7. The summed E-state index contributed by atoms with van der Waals surface area (Å²) in [5.41, 5.74) is 1.43. The molecule has 0 aromatic carbocycles. The molecule has 3 heterocycles. The van der Waals surface area contributed by atoms with Gasteiger partial charge in [-0.3, -0.25) is 15.2 Å². The van der Waals surface area contributed by atoms with Crippen LogP contribution in [0.2, 0.25) is 0 Å². The fourth-order valence-corrected chi connectivity index (χ4v) is 3.76. The van der Waals surface area contributed by atoms with E-state index in [2.05, 4.69) is 15.2 Å². The zero-order chi connectivity index (χ0) is 18.5. The van der Waals surface area contributed by atoms with Gasteiger partial charge in [0, 0.05) is 43.8 Å². The van der Waals surface area contributed by atoms with Crippen LogP contribution in [0.25, 0.3) is 0 Å². The topological polar surface area (TPSA) is 74.8 Å². The Balaban J connectivity index is 1.55. The van der Waals surface area contributed by atoms with Gasteiger partial charge < -0.3 is 9.64 Å². The predicted molar refractivity (Wildman–Crippen MR) is 101 cm³/mol. The Hall–Kier alpha value is -2.45. The number of carbonyl (C=O) groups is 2. The van der Waals surface area contributed by atoms with Crippen LogP contribution in [-0.2, 0) is 11.3 Å². The minimum atomic E-state index is -0.440. The number of aryl methyl sites for hydroxylation is 1. The third-order valence-corrected chi connectivity index (χ3v) is 5.22. The molecule has 138 valence electrons. The molecule has 2 amide bonds. The third-order valence-electron chi connectivity index (χ3n) is 4.25. The van der Waals surface area contributed by atoms with E-state index in [0.717, 1.165) is 30.2 Å². The molecule has 1 fully saturated rings. The second kappa shape index (κ2) is 8.29. The zero-order valence-electron chi connectivity index (χ0n) is 14.9. The maximum Gasteiger partial charge on any atom is 0.340 e. The van der Waals surface area contributed by atoms with E-state index in [1.54, 1.807) is 17.2 Å². The number of hydrogen-bond donors (Lipinski definition) is 1. The summed E-state index contributed by atoms with van der Waals surface area (Å²) in [6.07, 6.45) is 1.79. The van der Waals surface area contributed by atoms with E-state index in [4.69, 9.17) is 4.74 Å². The summed E-state index contributed by atoms with van der Waals surface area (Å²) in [6.45, 7) is 5.53. The summed E-state index contributed by atoms with van der Waals surface area (Å²) in [5.74, 6) is -0.440. The summed E-state index contributed by atoms with van der Waals surface area (Å²) in [7, 11) is 1.34. The van der Waals surface area contributed by atoms with Crippen LogP contribution in [0.3, 0.4) is 0 Å². The predicted octanol–water partition coefficient (Wildman–Crippen LogP) is 2.59. The number of anilines is 1. The average Bonchev–Trinajstić information content (AvgIpc) is 3.02.